The van der Waals surface area contributed by atoms with Gasteiger partial charge in [-0.2, -0.15) is 10.2 Å². The van der Waals surface area contributed by atoms with Gasteiger partial charge in [-0.15, -0.1) is 0 Å². The Bertz CT molecular complexity index is 170. The molecule has 1 aromatic rings. The predicted molar refractivity (Wildman–Crippen MR) is 28.7 cm³/mol. The summed E-state index contributed by atoms with van der Waals surface area (Å²) in [7, 11) is 0. The third-order valence-electron chi connectivity index (χ3n) is 0.662. The molecule has 0 spiro atoms. The van der Waals surface area contributed by atoms with Crippen molar-refractivity contribution in [2.24, 2.45) is 0 Å². The molecule has 4 heteroatoms. The molecular formula is C4H3ClN2O. The van der Waals surface area contributed by atoms with E-state index in [9.17, 15) is 0 Å². The Kier molecular flexibility index (Phi) is 1.30. The monoisotopic (exact) mass is 130 g/mol. The summed E-state index contributed by atoms with van der Waals surface area (Å²) >= 11 is 5.36. The summed E-state index contributed by atoms with van der Waals surface area (Å²) in [6.45, 7) is 0. The van der Waals surface area contributed by atoms with Crippen molar-refractivity contribution < 1.29 is 5.11 Å². The molecule has 0 radical (unpaired) electrons. The Labute approximate surface area is 50.9 Å². The van der Waals surface area contributed by atoms with Crippen LogP contribution in [0.5, 0.6) is 5.75 Å². The summed E-state index contributed by atoms with van der Waals surface area (Å²) in [5.41, 5.74) is 0. The van der Waals surface area contributed by atoms with Crippen LogP contribution < -0.4 is 0 Å². The fourth-order valence-corrected chi connectivity index (χ4v) is 0.392. The van der Waals surface area contributed by atoms with E-state index in [-0.39, 0.29) is 10.8 Å². The summed E-state index contributed by atoms with van der Waals surface area (Å²) in [6.07, 6.45) is 2.46. The predicted octanol–water partition coefficient (Wildman–Crippen LogP) is 0.836. The minimum atomic E-state index is -0.0401. The molecule has 0 aliphatic rings. The van der Waals surface area contributed by atoms with Gasteiger partial charge in [-0.05, 0) is 0 Å². The zero-order valence-corrected chi connectivity index (χ0v) is 4.63. The van der Waals surface area contributed by atoms with Gasteiger partial charge in [-0.25, -0.2) is 0 Å². The van der Waals surface area contributed by atoms with Gasteiger partial charge in [0.15, 0.2) is 5.75 Å². The average molecular weight is 131 g/mol. The van der Waals surface area contributed by atoms with Gasteiger partial charge < -0.3 is 5.11 Å². The van der Waals surface area contributed by atoms with Crippen molar-refractivity contribution in [3.05, 3.63) is 17.4 Å². The number of nitrogens with zero attached hydrogens (tertiary/aromatic N) is 2. The van der Waals surface area contributed by atoms with Crippen LogP contribution in [0.1, 0.15) is 0 Å². The Hall–Kier alpha value is -0.830. The Balaban J connectivity index is 3.13. The van der Waals surface area contributed by atoms with E-state index >= 15 is 0 Å². The topological polar surface area (TPSA) is 46.0 Å². The zero-order chi connectivity index (χ0) is 5.98. The van der Waals surface area contributed by atoms with E-state index in [1.54, 1.807) is 0 Å². The first kappa shape index (κ1) is 5.31. The molecule has 1 rings (SSSR count). The molecule has 1 N–H and O–H groups in total. The second-order valence-corrected chi connectivity index (χ2v) is 1.63. The van der Waals surface area contributed by atoms with E-state index in [1.807, 2.05) is 0 Å². The normalized spacial score (nSPS) is 9.12. The van der Waals surface area contributed by atoms with E-state index in [4.69, 9.17) is 16.7 Å². The summed E-state index contributed by atoms with van der Waals surface area (Å²) in [6, 6.07) is 0. The lowest BCUT2D eigenvalue weighted by Crippen LogP contribution is -1.76. The van der Waals surface area contributed by atoms with Crippen LogP contribution in [0, 0.1) is 0 Å². The molecule has 0 aliphatic heterocycles. The summed E-state index contributed by atoms with van der Waals surface area (Å²) in [5.74, 6) is -0.0401. The SMILES string of the molecule is Oc1cnncc1Cl. The molecule has 0 atom stereocenters. The van der Waals surface area contributed by atoms with Gasteiger partial charge in [0.2, 0.25) is 0 Å². The molecule has 0 bridgehead atoms. The molecule has 0 saturated carbocycles. The first-order chi connectivity index (χ1) is 3.80. The number of hydrogen-bond donors (Lipinski definition) is 1. The van der Waals surface area contributed by atoms with Gasteiger partial charge in [0, 0.05) is 0 Å². The van der Waals surface area contributed by atoms with Crippen LogP contribution in [0.25, 0.3) is 0 Å². The van der Waals surface area contributed by atoms with E-state index in [0.29, 0.717) is 0 Å². The standard InChI is InChI=1S/C4H3ClN2O/c5-3-1-6-7-2-4(3)8/h1-2H,(H,6,8). The van der Waals surface area contributed by atoms with Gasteiger partial charge in [-0.1, -0.05) is 11.6 Å². The molecule has 42 valence electrons. The van der Waals surface area contributed by atoms with Crippen molar-refractivity contribution in [1.82, 2.24) is 10.2 Å². The maximum Gasteiger partial charge on any atom is 0.155 e. The van der Waals surface area contributed by atoms with Crippen molar-refractivity contribution in [3.8, 4) is 5.75 Å². The molecule has 1 heterocycles. The maximum absolute atomic E-state index is 8.68. The number of rotatable bonds is 0. The molecule has 0 amide bonds. The van der Waals surface area contributed by atoms with Crippen molar-refractivity contribution in [3.63, 3.8) is 0 Å². The molecule has 1 aromatic heterocycles. The van der Waals surface area contributed by atoms with Crippen LogP contribution in [0.4, 0.5) is 0 Å². The number of aromatic nitrogens is 2. The Morgan fingerprint density at radius 2 is 2.00 bits per heavy atom. The highest BCUT2D eigenvalue weighted by Crippen LogP contribution is 2.17. The highest BCUT2D eigenvalue weighted by molar-refractivity contribution is 6.31. The van der Waals surface area contributed by atoms with Crippen LogP contribution in [0.3, 0.4) is 0 Å². The molecule has 8 heavy (non-hydrogen) atoms. The molecule has 0 unspecified atom stereocenters. The fourth-order valence-electron chi connectivity index (χ4n) is 0.300. The lowest BCUT2D eigenvalue weighted by molar-refractivity contribution is 0.471. The second-order valence-electron chi connectivity index (χ2n) is 1.22. The largest absolute Gasteiger partial charge is 0.505 e. The number of halogens is 1. The van der Waals surface area contributed by atoms with E-state index in [0.717, 1.165) is 0 Å². The van der Waals surface area contributed by atoms with Crippen LogP contribution in [-0.4, -0.2) is 15.3 Å². The fraction of sp³-hybridized carbons (Fsp3) is 0. The van der Waals surface area contributed by atoms with E-state index < -0.39 is 0 Å². The molecule has 0 saturated heterocycles. The third-order valence-corrected chi connectivity index (χ3v) is 0.954. The van der Waals surface area contributed by atoms with Gasteiger partial charge >= 0.3 is 0 Å². The first-order valence-corrected chi connectivity index (χ1v) is 2.33. The van der Waals surface area contributed by atoms with Crippen LogP contribution in [0.15, 0.2) is 12.4 Å². The smallest absolute Gasteiger partial charge is 0.155 e. The summed E-state index contributed by atoms with van der Waals surface area (Å²) in [5, 5.41) is 15.7. The number of hydrogen-bond acceptors (Lipinski definition) is 3. The van der Waals surface area contributed by atoms with Crippen molar-refractivity contribution in [1.29, 1.82) is 0 Å². The highest BCUT2D eigenvalue weighted by atomic mass is 35.5. The summed E-state index contributed by atoms with van der Waals surface area (Å²) in [4.78, 5) is 0. The lowest BCUT2D eigenvalue weighted by Gasteiger charge is -1.88. The minimum absolute atomic E-state index is 0.0401. The minimum Gasteiger partial charge on any atom is -0.505 e. The Morgan fingerprint density at radius 1 is 1.38 bits per heavy atom. The lowest BCUT2D eigenvalue weighted by atomic mass is 10.5. The average Bonchev–Trinajstić information content (AvgIpc) is 1.77. The van der Waals surface area contributed by atoms with E-state index in [1.165, 1.54) is 12.4 Å². The first-order valence-electron chi connectivity index (χ1n) is 1.96. The molecule has 3 nitrogen and oxygen atoms in total. The summed E-state index contributed by atoms with van der Waals surface area (Å²) < 4.78 is 0. The molecule has 0 aliphatic carbocycles. The molecule has 0 fully saturated rings. The zero-order valence-electron chi connectivity index (χ0n) is 3.87. The quantitative estimate of drug-likeness (QED) is 0.566. The van der Waals surface area contributed by atoms with Crippen LogP contribution >= 0.6 is 11.6 Å². The van der Waals surface area contributed by atoms with Crippen LogP contribution in [0.2, 0.25) is 5.02 Å². The van der Waals surface area contributed by atoms with Crippen LogP contribution in [-0.2, 0) is 0 Å². The maximum atomic E-state index is 8.68. The van der Waals surface area contributed by atoms with Gasteiger partial charge in [0.25, 0.3) is 0 Å². The van der Waals surface area contributed by atoms with Gasteiger partial charge in [-0.3, -0.25) is 0 Å². The van der Waals surface area contributed by atoms with Gasteiger partial charge in [0.1, 0.15) is 5.02 Å². The third kappa shape index (κ3) is 0.869. The molecular weight excluding hydrogens is 128 g/mol. The van der Waals surface area contributed by atoms with Gasteiger partial charge in [0.05, 0.1) is 12.4 Å². The van der Waals surface area contributed by atoms with E-state index in [2.05, 4.69) is 10.2 Å². The van der Waals surface area contributed by atoms with Crippen molar-refractivity contribution in [2.45, 2.75) is 0 Å². The highest BCUT2D eigenvalue weighted by Gasteiger charge is 1.92. The van der Waals surface area contributed by atoms with Crippen molar-refractivity contribution in [2.75, 3.05) is 0 Å². The Morgan fingerprint density at radius 3 is 2.38 bits per heavy atom. The van der Waals surface area contributed by atoms with Crippen molar-refractivity contribution >= 4 is 11.6 Å². The second kappa shape index (κ2) is 1.96. The molecule has 0 aromatic carbocycles. The number of aromatic hydroxyl groups is 1.